The maximum atomic E-state index is 2.89. The second kappa shape index (κ2) is 5.40. The van der Waals surface area contributed by atoms with Crippen LogP contribution in [0, 0.1) is 5.92 Å². The zero-order chi connectivity index (χ0) is 14.4. The second-order valence-corrected chi connectivity index (χ2v) is 7.63. The summed E-state index contributed by atoms with van der Waals surface area (Å²) >= 11 is 0. The van der Waals surface area contributed by atoms with E-state index < -0.39 is 0 Å². The Morgan fingerprint density at radius 3 is 2.38 bits per heavy atom. The number of rotatable bonds is 2. The fraction of sp³-hybridized carbons (Fsp3) is 0.684. The van der Waals surface area contributed by atoms with E-state index in [1.54, 1.807) is 11.1 Å². The van der Waals surface area contributed by atoms with Gasteiger partial charge in [0.15, 0.2) is 0 Å². The molecular weight excluding hydrogens is 256 g/mol. The first-order valence-corrected chi connectivity index (χ1v) is 8.79. The van der Waals surface area contributed by atoms with E-state index in [0.29, 0.717) is 0 Å². The average Bonchev–Trinajstić information content (AvgIpc) is 3.11. The first-order valence-electron chi connectivity index (χ1n) is 8.79. The van der Waals surface area contributed by atoms with Crippen LogP contribution in [0.2, 0.25) is 0 Å². The van der Waals surface area contributed by atoms with Gasteiger partial charge in [-0.1, -0.05) is 38.1 Å². The van der Waals surface area contributed by atoms with Gasteiger partial charge in [0.2, 0.25) is 0 Å². The van der Waals surface area contributed by atoms with Crippen molar-refractivity contribution < 1.29 is 0 Å². The van der Waals surface area contributed by atoms with Crippen LogP contribution in [0.15, 0.2) is 24.3 Å². The first-order chi connectivity index (χ1) is 10.2. The van der Waals surface area contributed by atoms with E-state index in [2.05, 4.69) is 47.9 Å². The van der Waals surface area contributed by atoms with Crippen LogP contribution >= 0.6 is 0 Å². The predicted octanol–water partition coefficient (Wildman–Crippen LogP) is 2.96. The van der Waals surface area contributed by atoms with Gasteiger partial charge in [-0.15, -0.1) is 0 Å². The highest BCUT2D eigenvalue weighted by atomic mass is 15.3. The summed E-state index contributed by atoms with van der Waals surface area (Å²) in [6, 6.07) is 11.4. The number of fused-ring (bicyclic) bond motifs is 2. The van der Waals surface area contributed by atoms with Gasteiger partial charge in [0.1, 0.15) is 0 Å². The normalized spacial score (nSPS) is 30.8. The van der Waals surface area contributed by atoms with Crippen LogP contribution in [0.4, 0.5) is 0 Å². The van der Waals surface area contributed by atoms with Gasteiger partial charge in [-0.25, -0.2) is 0 Å². The van der Waals surface area contributed by atoms with Crippen LogP contribution in [0.25, 0.3) is 0 Å². The molecule has 0 aromatic heterocycles. The summed E-state index contributed by atoms with van der Waals surface area (Å²) in [5.41, 5.74) is 3.19. The maximum Gasteiger partial charge on any atom is 0.0250 e. The van der Waals surface area contributed by atoms with Crippen molar-refractivity contribution in [3.63, 3.8) is 0 Å². The van der Waals surface area contributed by atoms with Gasteiger partial charge in [-0.3, -0.25) is 9.80 Å². The molecule has 0 amide bonds. The molecule has 2 aliphatic heterocycles. The molecule has 2 heterocycles. The number of benzene rings is 1. The SMILES string of the molecule is CC(C)C1CN2CCCC2CN1C1Cc2ccccc2C1. The Morgan fingerprint density at radius 2 is 1.71 bits per heavy atom. The molecule has 4 rings (SSSR count). The third-order valence-electron chi connectivity index (χ3n) is 6.04. The molecule has 2 saturated heterocycles. The molecule has 2 nitrogen and oxygen atoms in total. The van der Waals surface area contributed by atoms with E-state index in [-0.39, 0.29) is 0 Å². The van der Waals surface area contributed by atoms with E-state index in [0.717, 1.165) is 24.0 Å². The van der Waals surface area contributed by atoms with Crippen molar-refractivity contribution in [3.8, 4) is 0 Å². The highest BCUT2D eigenvalue weighted by molar-refractivity contribution is 5.33. The van der Waals surface area contributed by atoms with Crippen molar-refractivity contribution in [1.82, 2.24) is 9.80 Å². The molecule has 1 aromatic carbocycles. The molecule has 0 spiro atoms. The first kappa shape index (κ1) is 13.8. The van der Waals surface area contributed by atoms with Gasteiger partial charge in [-0.2, -0.15) is 0 Å². The monoisotopic (exact) mass is 284 g/mol. The molecule has 1 aliphatic carbocycles. The highest BCUT2D eigenvalue weighted by Gasteiger charge is 2.41. The number of hydrogen-bond donors (Lipinski definition) is 0. The maximum absolute atomic E-state index is 2.89. The zero-order valence-corrected chi connectivity index (χ0v) is 13.5. The molecule has 2 heteroatoms. The van der Waals surface area contributed by atoms with Gasteiger partial charge in [-0.05, 0) is 49.3 Å². The predicted molar refractivity (Wildman–Crippen MR) is 87.6 cm³/mol. The molecule has 0 bridgehead atoms. The Bertz CT molecular complexity index is 485. The summed E-state index contributed by atoms with van der Waals surface area (Å²) in [6.07, 6.45) is 5.37. The third kappa shape index (κ3) is 2.43. The quantitative estimate of drug-likeness (QED) is 0.824. The van der Waals surface area contributed by atoms with Gasteiger partial charge in [0.05, 0.1) is 0 Å². The van der Waals surface area contributed by atoms with Crippen molar-refractivity contribution in [2.75, 3.05) is 19.6 Å². The average molecular weight is 284 g/mol. The lowest BCUT2D eigenvalue weighted by Crippen LogP contribution is -2.60. The Balaban J connectivity index is 1.55. The van der Waals surface area contributed by atoms with E-state index in [4.69, 9.17) is 0 Å². The van der Waals surface area contributed by atoms with Crippen molar-refractivity contribution >= 4 is 0 Å². The molecule has 1 aromatic rings. The van der Waals surface area contributed by atoms with E-state index >= 15 is 0 Å². The van der Waals surface area contributed by atoms with E-state index in [9.17, 15) is 0 Å². The van der Waals surface area contributed by atoms with Crippen molar-refractivity contribution in [3.05, 3.63) is 35.4 Å². The molecule has 2 unspecified atom stereocenters. The number of nitrogens with zero attached hydrogens (tertiary/aromatic N) is 2. The molecule has 114 valence electrons. The summed E-state index contributed by atoms with van der Waals surface area (Å²) in [5, 5.41) is 0. The number of hydrogen-bond acceptors (Lipinski definition) is 2. The van der Waals surface area contributed by atoms with E-state index in [1.165, 1.54) is 45.3 Å². The lowest BCUT2D eigenvalue weighted by atomic mass is 9.94. The molecule has 2 fully saturated rings. The summed E-state index contributed by atoms with van der Waals surface area (Å²) in [7, 11) is 0. The highest BCUT2D eigenvalue weighted by Crippen LogP contribution is 2.33. The molecule has 21 heavy (non-hydrogen) atoms. The third-order valence-corrected chi connectivity index (χ3v) is 6.04. The molecule has 2 atom stereocenters. The van der Waals surface area contributed by atoms with Crippen LogP contribution in [-0.2, 0) is 12.8 Å². The minimum Gasteiger partial charge on any atom is -0.298 e. The summed E-state index contributed by atoms with van der Waals surface area (Å²) in [6.45, 7) is 8.77. The molecular formula is C19H28N2. The van der Waals surface area contributed by atoms with Crippen LogP contribution in [0.1, 0.15) is 37.8 Å². The Hall–Kier alpha value is -0.860. The van der Waals surface area contributed by atoms with Crippen molar-refractivity contribution in [1.29, 1.82) is 0 Å². The Kier molecular flexibility index (Phi) is 3.55. The second-order valence-electron chi connectivity index (χ2n) is 7.63. The van der Waals surface area contributed by atoms with Gasteiger partial charge in [0.25, 0.3) is 0 Å². The van der Waals surface area contributed by atoms with Gasteiger partial charge < -0.3 is 0 Å². The van der Waals surface area contributed by atoms with E-state index in [1.807, 2.05) is 0 Å². The largest absolute Gasteiger partial charge is 0.298 e. The standard InChI is InChI=1S/C19H28N2/c1-14(2)19-13-20-9-5-8-17(20)12-21(19)18-10-15-6-3-4-7-16(15)11-18/h3-4,6-7,14,17-19H,5,8-13H2,1-2H3. The van der Waals surface area contributed by atoms with Crippen LogP contribution in [-0.4, -0.2) is 47.6 Å². The fourth-order valence-corrected chi connectivity index (χ4v) is 4.85. The Labute approximate surface area is 129 Å². The van der Waals surface area contributed by atoms with Crippen LogP contribution in [0.3, 0.4) is 0 Å². The van der Waals surface area contributed by atoms with Crippen molar-refractivity contribution in [2.45, 2.75) is 57.7 Å². The summed E-state index contributed by atoms with van der Waals surface area (Å²) in [4.78, 5) is 5.65. The minimum atomic E-state index is 0.748. The summed E-state index contributed by atoms with van der Waals surface area (Å²) < 4.78 is 0. The molecule has 0 radical (unpaired) electrons. The fourth-order valence-electron chi connectivity index (χ4n) is 4.85. The van der Waals surface area contributed by atoms with Crippen molar-refractivity contribution in [2.24, 2.45) is 5.92 Å². The number of piperazine rings is 1. The molecule has 3 aliphatic rings. The van der Waals surface area contributed by atoms with Gasteiger partial charge in [0, 0.05) is 31.2 Å². The molecule has 0 saturated carbocycles. The minimum absolute atomic E-state index is 0.748. The summed E-state index contributed by atoms with van der Waals surface area (Å²) in [5.74, 6) is 0.760. The molecule has 0 N–H and O–H groups in total. The Morgan fingerprint density at radius 1 is 1.00 bits per heavy atom. The topological polar surface area (TPSA) is 6.48 Å². The zero-order valence-electron chi connectivity index (χ0n) is 13.5. The smallest absolute Gasteiger partial charge is 0.0250 e. The van der Waals surface area contributed by atoms with Crippen LogP contribution < -0.4 is 0 Å². The van der Waals surface area contributed by atoms with Gasteiger partial charge >= 0.3 is 0 Å². The van der Waals surface area contributed by atoms with Crippen LogP contribution in [0.5, 0.6) is 0 Å². The lowest BCUT2D eigenvalue weighted by Gasteiger charge is -2.48. The lowest BCUT2D eigenvalue weighted by molar-refractivity contribution is 0.00265.